The molecule has 0 fully saturated rings. The van der Waals surface area contributed by atoms with Gasteiger partial charge < -0.3 is 9.47 Å². The topological polar surface area (TPSA) is 18.5 Å². The first kappa shape index (κ1) is 11.9. The summed E-state index contributed by atoms with van der Waals surface area (Å²) in [6.45, 7) is 8.16. The molecule has 1 rings (SSSR count). The van der Waals surface area contributed by atoms with E-state index in [-0.39, 0.29) is 5.60 Å². The monoisotopic (exact) mass is 208 g/mol. The van der Waals surface area contributed by atoms with Gasteiger partial charge in [-0.2, -0.15) is 0 Å². The van der Waals surface area contributed by atoms with Crippen molar-refractivity contribution < 1.29 is 9.47 Å². The van der Waals surface area contributed by atoms with E-state index >= 15 is 0 Å². The lowest BCUT2D eigenvalue weighted by molar-refractivity contribution is 0.0433. The Morgan fingerprint density at radius 3 is 2.33 bits per heavy atom. The molecule has 0 aromatic carbocycles. The average Bonchev–Trinajstić information content (AvgIpc) is 2.25. The number of allylic oxidation sites excluding steroid dienone is 4. The summed E-state index contributed by atoms with van der Waals surface area (Å²) in [6, 6.07) is 0. The Morgan fingerprint density at radius 2 is 1.80 bits per heavy atom. The van der Waals surface area contributed by atoms with Crippen LogP contribution in [0.15, 0.2) is 35.3 Å². The first-order valence-electron chi connectivity index (χ1n) is 5.24. The van der Waals surface area contributed by atoms with Crippen LogP contribution < -0.4 is 0 Å². The highest BCUT2D eigenvalue weighted by Crippen LogP contribution is 2.24. The zero-order valence-corrected chi connectivity index (χ0v) is 10.3. The van der Waals surface area contributed by atoms with E-state index in [1.807, 2.05) is 26.8 Å². The maximum Gasteiger partial charge on any atom is 0.160 e. The van der Waals surface area contributed by atoms with Gasteiger partial charge >= 0.3 is 0 Å². The summed E-state index contributed by atoms with van der Waals surface area (Å²) in [7, 11) is 1.67. The van der Waals surface area contributed by atoms with Gasteiger partial charge in [0.15, 0.2) is 11.5 Å². The lowest BCUT2D eigenvalue weighted by Crippen LogP contribution is -2.19. The highest BCUT2D eigenvalue weighted by Gasteiger charge is 2.17. The van der Waals surface area contributed by atoms with Crippen molar-refractivity contribution in [2.24, 2.45) is 0 Å². The molecule has 0 amide bonds. The van der Waals surface area contributed by atoms with Crippen LogP contribution in [0.2, 0.25) is 0 Å². The standard InChI is InChI=1S/C13H20O2/c1-10-7-6-8-11(12(9-10)14-5)15-13(2,3)4/h7-9H,6H2,1-5H3. The molecule has 0 aromatic heterocycles. The van der Waals surface area contributed by atoms with Gasteiger partial charge in [-0.05, 0) is 46.3 Å². The quantitative estimate of drug-likeness (QED) is 0.690. The molecule has 0 spiro atoms. The molecule has 0 heterocycles. The lowest BCUT2D eigenvalue weighted by Gasteiger charge is -2.24. The van der Waals surface area contributed by atoms with Crippen molar-refractivity contribution in [1.29, 1.82) is 0 Å². The van der Waals surface area contributed by atoms with E-state index in [0.29, 0.717) is 0 Å². The zero-order valence-electron chi connectivity index (χ0n) is 10.3. The predicted molar refractivity (Wildman–Crippen MR) is 62.4 cm³/mol. The van der Waals surface area contributed by atoms with Gasteiger partial charge in [-0.15, -0.1) is 0 Å². The van der Waals surface area contributed by atoms with E-state index in [1.165, 1.54) is 5.57 Å². The molecule has 2 heteroatoms. The maximum atomic E-state index is 5.84. The molecule has 1 aliphatic carbocycles. The van der Waals surface area contributed by atoms with E-state index in [2.05, 4.69) is 19.1 Å². The van der Waals surface area contributed by atoms with Gasteiger partial charge in [-0.25, -0.2) is 0 Å². The van der Waals surface area contributed by atoms with Crippen LogP contribution in [0.3, 0.4) is 0 Å². The van der Waals surface area contributed by atoms with Crippen LogP contribution in [0.1, 0.15) is 34.1 Å². The number of hydrogen-bond acceptors (Lipinski definition) is 2. The molecule has 0 unspecified atom stereocenters. The van der Waals surface area contributed by atoms with Crippen LogP contribution in [0.5, 0.6) is 0 Å². The molecule has 0 N–H and O–H groups in total. The van der Waals surface area contributed by atoms with Crippen molar-refractivity contribution >= 4 is 0 Å². The fraction of sp³-hybridized carbons (Fsp3) is 0.538. The van der Waals surface area contributed by atoms with Crippen molar-refractivity contribution in [3.8, 4) is 0 Å². The van der Waals surface area contributed by atoms with Gasteiger partial charge in [0.05, 0.1) is 7.11 Å². The molecular formula is C13H20O2. The van der Waals surface area contributed by atoms with Gasteiger partial charge in [0.25, 0.3) is 0 Å². The Balaban J connectivity index is 2.89. The molecule has 84 valence electrons. The first-order valence-corrected chi connectivity index (χ1v) is 5.24. The minimum Gasteiger partial charge on any atom is -0.493 e. The summed E-state index contributed by atoms with van der Waals surface area (Å²) in [5.74, 6) is 1.63. The molecule has 0 saturated heterocycles. The third-order valence-electron chi connectivity index (χ3n) is 1.98. The SMILES string of the molecule is COC1=CC(C)=CCC=C1OC(C)(C)C. The molecule has 1 aliphatic rings. The fourth-order valence-corrected chi connectivity index (χ4v) is 1.37. The summed E-state index contributed by atoms with van der Waals surface area (Å²) < 4.78 is 11.2. The van der Waals surface area contributed by atoms with Crippen molar-refractivity contribution in [3.05, 3.63) is 35.3 Å². The average molecular weight is 208 g/mol. The molecule has 15 heavy (non-hydrogen) atoms. The number of methoxy groups -OCH3 is 1. The van der Waals surface area contributed by atoms with Gasteiger partial charge in [0, 0.05) is 0 Å². The number of hydrogen-bond donors (Lipinski definition) is 0. The Bertz CT molecular complexity index is 314. The highest BCUT2D eigenvalue weighted by atomic mass is 16.5. The third kappa shape index (κ3) is 3.82. The minimum absolute atomic E-state index is 0.193. The molecule has 0 aromatic rings. The van der Waals surface area contributed by atoms with Crippen LogP contribution in [0.4, 0.5) is 0 Å². The Morgan fingerprint density at radius 1 is 1.13 bits per heavy atom. The molecule has 0 bridgehead atoms. The first-order chi connectivity index (χ1) is 6.92. The maximum absolute atomic E-state index is 5.84. The van der Waals surface area contributed by atoms with Crippen LogP contribution in [0.25, 0.3) is 0 Å². The normalized spacial score (nSPS) is 17.3. The Hall–Kier alpha value is -1.18. The second kappa shape index (κ2) is 4.56. The van der Waals surface area contributed by atoms with Gasteiger partial charge in [-0.1, -0.05) is 11.6 Å². The van der Waals surface area contributed by atoms with Gasteiger partial charge in [-0.3, -0.25) is 0 Å². The highest BCUT2D eigenvalue weighted by molar-refractivity contribution is 5.33. The van der Waals surface area contributed by atoms with Crippen LogP contribution >= 0.6 is 0 Å². The van der Waals surface area contributed by atoms with Crippen molar-refractivity contribution in [3.63, 3.8) is 0 Å². The second-order valence-electron chi connectivity index (χ2n) is 4.68. The predicted octanol–water partition coefficient (Wildman–Crippen LogP) is 3.57. The second-order valence-corrected chi connectivity index (χ2v) is 4.68. The summed E-state index contributed by atoms with van der Waals surface area (Å²) in [6.07, 6.45) is 7.10. The molecule has 2 nitrogen and oxygen atoms in total. The smallest absolute Gasteiger partial charge is 0.160 e. The van der Waals surface area contributed by atoms with Crippen molar-refractivity contribution in [2.75, 3.05) is 7.11 Å². The summed E-state index contributed by atoms with van der Waals surface area (Å²) >= 11 is 0. The zero-order chi connectivity index (χ0) is 11.5. The number of ether oxygens (including phenoxy) is 2. The summed E-state index contributed by atoms with van der Waals surface area (Å²) in [4.78, 5) is 0. The van der Waals surface area contributed by atoms with Crippen molar-refractivity contribution in [2.45, 2.75) is 39.7 Å². The fourth-order valence-electron chi connectivity index (χ4n) is 1.37. The van der Waals surface area contributed by atoms with E-state index in [4.69, 9.17) is 9.47 Å². The van der Waals surface area contributed by atoms with Crippen molar-refractivity contribution in [1.82, 2.24) is 0 Å². The van der Waals surface area contributed by atoms with Crippen LogP contribution in [0, 0.1) is 0 Å². The van der Waals surface area contributed by atoms with Crippen LogP contribution in [-0.4, -0.2) is 12.7 Å². The minimum atomic E-state index is -0.193. The molecular weight excluding hydrogens is 188 g/mol. The van der Waals surface area contributed by atoms with E-state index in [9.17, 15) is 0 Å². The van der Waals surface area contributed by atoms with E-state index < -0.39 is 0 Å². The number of rotatable bonds is 2. The Labute approximate surface area is 92.3 Å². The van der Waals surface area contributed by atoms with Gasteiger partial charge in [0.2, 0.25) is 0 Å². The molecule has 0 aliphatic heterocycles. The summed E-state index contributed by atoms with van der Waals surface area (Å²) in [5.41, 5.74) is 1.01. The van der Waals surface area contributed by atoms with E-state index in [0.717, 1.165) is 17.9 Å². The molecule has 0 atom stereocenters. The summed E-state index contributed by atoms with van der Waals surface area (Å²) in [5, 5.41) is 0. The Kier molecular flexibility index (Phi) is 3.61. The largest absolute Gasteiger partial charge is 0.493 e. The van der Waals surface area contributed by atoms with E-state index in [1.54, 1.807) is 7.11 Å². The third-order valence-corrected chi connectivity index (χ3v) is 1.98. The van der Waals surface area contributed by atoms with Gasteiger partial charge in [0.1, 0.15) is 5.60 Å². The van der Waals surface area contributed by atoms with Crippen LogP contribution in [-0.2, 0) is 9.47 Å². The molecule has 0 saturated carbocycles. The lowest BCUT2D eigenvalue weighted by atomic mass is 10.2. The molecule has 0 radical (unpaired) electrons.